The molecule has 0 N–H and O–H groups in total. The molecule has 3 aromatic heterocycles. The van der Waals surface area contributed by atoms with Crippen LogP contribution < -0.4 is 0 Å². The number of carbonyl (C=O) groups excluding carboxylic acids is 2. The molecule has 3 aromatic rings. The Labute approximate surface area is 149 Å². The fraction of sp³-hybridized carbons (Fsp3) is 0.211. The van der Waals surface area contributed by atoms with E-state index in [9.17, 15) is 9.59 Å². The van der Waals surface area contributed by atoms with Crippen molar-refractivity contribution in [2.45, 2.75) is 20.4 Å². The van der Waals surface area contributed by atoms with Gasteiger partial charge in [-0.3, -0.25) is 9.78 Å². The van der Waals surface area contributed by atoms with Gasteiger partial charge in [-0.1, -0.05) is 6.07 Å². The first-order chi connectivity index (χ1) is 12.1. The van der Waals surface area contributed by atoms with Crippen LogP contribution in [0.25, 0.3) is 0 Å². The molecular weight excluding hydrogens is 336 g/mol. The lowest BCUT2D eigenvalue weighted by molar-refractivity contribution is 0.0474. The Bertz CT molecular complexity index is 883. The lowest BCUT2D eigenvalue weighted by Gasteiger charge is -2.08. The first-order valence-corrected chi connectivity index (χ1v) is 8.73. The van der Waals surface area contributed by atoms with E-state index in [2.05, 4.69) is 15.6 Å². The van der Waals surface area contributed by atoms with Crippen molar-refractivity contribution in [2.75, 3.05) is 6.61 Å². The number of ketones is 1. The predicted octanol–water partition coefficient (Wildman–Crippen LogP) is 3.65. The van der Waals surface area contributed by atoms with Gasteiger partial charge in [0.05, 0.1) is 12.1 Å². The smallest absolute Gasteiger partial charge is 0.338 e. The standard InChI is InChI=1S/C19H18N2O3S/c1-13-10-17(14(2)21(13)11-16-4-3-9-25-16)18(22)12-24-19(23)15-5-7-20-8-6-15/h3-10H,11-12H2,1-2H3. The van der Waals surface area contributed by atoms with Crippen LogP contribution in [0.5, 0.6) is 0 Å². The zero-order valence-electron chi connectivity index (χ0n) is 14.1. The third-order valence-electron chi connectivity index (χ3n) is 4.02. The maximum Gasteiger partial charge on any atom is 0.338 e. The molecule has 0 amide bonds. The summed E-state index contributed by atoms with van der Waals surface area (Å²) in [6.07, 6.45) is 3.02. The Morgan fingerprint density at radius 1 is 1.20 bits per heavy atom. The van der Waals surface area contributed by atoms with E-state index in [4.69, 9.17) is 4.74 Å². The molecular formula is C19H18N2O3S. The number of nitrogens with zero attached hydrogens (tertiary/aromatic N) is 2. The maximum absolute atomic E-state index is 12.5. The number of hydrogen-bond donors (Lipinski definition) is 0. The van der Waals surface area contributed by atoms with Crippen LogP contribution in [-0.4, -0.2) is 27.9 Å². The normalized spacial score (nSPS) is 10.6. The van der Waals surface area contributed by atoms with Gasteiger partial charge in [-0.2, -0.15) is 0 Å². The number of esters is 1. The molecule has 128 valence electrons. The van der Waals surface area contributed by atoms with Crippen molar-refractivity contribution in [1.82, 2.24) is 9.55 Å². The van der Waals surface area contributed by atoms with Gasteiger partial charge in [0.15, 0.2) is 6.61 Å². The number of ether oxygens (including phenoxy) is 1. The Hall–Kier alpha value is -2.73. The predicted molar refractivity (Wildman–Crippen MR) is 96.2 cm³/mol. The monoisotopic (exact) mass is 354 g/mol. The average Bonchev–Trinajstić information content (AvgIpc) is 3.24. The summed E-state index contributed by atoms with van der Waals surface area (Å²) in [4.78, 5) is 29.5. The van der Waals surface area contributed by atoms with E-state index >= 15 is 0 Å². The van der Waals surface area contributed by atoms with Crippen molar-refractivity contribution in [3.63, 3.8) is 0 Å². The van der Waals surface area contributed by atoms with Gasteiger partial charge in [-0.15, -0.1) is 11.3 Å². The van der Waals surface area contributed by atoms with E-state index in [0.29, 0.717) is 11.1 Å². The summed E-state index contributed by atoms with van der Waals surface area (Å²) in [5.74, 6) is -0.726. The van der Waals surface area contributed by atoms with E-state index in [0.717, 1.165) is 17.9 Å². The van der Waals surface area contributed by atoms with E-state index in [1.165, 1.54) is 17.3 Å². The number of carbonyl (C=O) groups is 2. The molecule has 5 nitrogen and oxygen atoms in total. The molecule has 0 unspecified atom stereocenters. The fourth-order valence-corrected chi connectivity index (χ4v) is 3.36. The van der Waals surface area contributed by atoms with Gasteiger partial charge in [-0.05, 0) is 43.5 Å². The molecule has 0 aliphatic carbocycles. The fourth-order valence-electron chi connectivity index (χ4n) is 2.67. The maximum atomic E-state index is 12.5. The highest BCUT2D eigenvalue weighted by Gasteiger charge is 2.18. The van der Waals surface area contributed by atoms with Crippen molar-refractivity contribution in [2.24, 2.45) is 0 Å². The number of aromatic nitrogens is 2. The van der Waals surface area contributed by atoms with Crippen LogP contribution in [0.15, 0.2) is 48.1 Å². The van der Waals surface area contributed by atoms with Gasteiger partial charge in [-0.25, -0.2) is 4.79 Å². The van der Waals surface area contributed by atoms with Crippen LogP contribution in [-0.2, 0) is 11.3 Å². The quantitative estimate of drug-likeness (QED) is 0.501. The summed E-state index contributed by atoms with van der Waals surface area (Å²) < 4.78 is 7.23. The summed E-state index contributed by atoms with van der Waals surface area (Å²) in [7, 11) is 0. The average molecular weight is 354 g/mol. The van der Waals surface area contributed by atoms with Gasteiger partial charge in [0, 0.05) is 34.2 Å². The topological polar surface area (TPSA) is 61.2 Å². The summed E-state index contributed by atoms with van der Waals surface area (Å²) in [6.45, 7) is 4.35. The SMILES string of the molecule is Cc1cc(C(=O)COC(=O)c2ccncc2)c(C)n1Cc1cccs1. The van der Waals surface area contributed by atoms with Crippen molar-refractivity contribution >= 4 is 23.1 Å². The van der Waals surface area contributed by atoms with Gasteiger partial charge in [0.2, 0.25) is 5.78 Å². The summed E-state index contributed by atoms with van der Waals surface area (Å²) in [6, 6.07) is 9.05. The molecule has 0 aliphatic heterocycles. The lowest BCUT2D eigenvalue weighted by atomic mass is 10.1. The molecule has 3 rings (SSSR count). The Morgan fingerprint density at radius 3 is 2.64 bits per heavy atom. The second-order valence-corrected chi connectivity index (χ2v) is 6.72. The first-order valence-electron chi connectivity index (χ1n) is 7.85. The molecule has 0 aromatic carbocycles. The molecule has 0 radical (unpaired) electrons. The second-order valence-electron chi connectivity index (χ2n) is 5.69. The molecule has 25 heavy (non-hydrogen) atoms. The molecule has 0 saturated carbocycles. The number of Topliss-reactive ketones (excluding diaryl/α,β-unsaturated/α-hetero) is 1. The molecule has 0 aliphatic rings. The first kappa shape index (κ1) is 17.1. The molecule has 0 saturated heterocycles. The van der Waals surface area contributed by atoms with Gasteiger partial charge >= 0.3 is 5.97 Å². The minimum Gasteiger partial charge on any atom is -0.454 e. The largest absolute Gasteiger partial charge is 0.454 e. The highest BCUT2D eigenvalue weighted by atomic mass is 32.1. The number of thiophene rings is 1. The van der Waals surface area contributed by atoms with E-state index < -0.39 is 5.97 Å². The zero-order chi connectivity index (χ0) is 17.8. The molecule has 6 heteroatoms. The number of aryl methyl sites for hydroxylation is 1. The van der Waals surface area contributed by atoms with E-state index in [1.54, 1.807) is 23.5 Å². The third kappa shape index (κ3) is 3.85. The van der Waals surface area contributed by atoms with Crippen LogP contribution in [0.2, 0.25) is 0 Å². The molecule has 0 fully saturated rings. The van der Waals surface area contributed by atoms with E-state index in [-0.39, 0.29) is 12.4 Å². The molecule has 0 atom stereocenters. The zero-order valence-corrected chi connectivity index (χ0v) is 14.9. The van der Waals surface area contributed by atoms with Crippen LogP contribution >= 0.6 is 11.3 Å². The summed E-state index contributed by atoms with van der Waals surface area (Å²) >= 11 is 1.68. The lowest BCUT2D eigenvalue weighted by Crippen LogP contribution is -2.15. The van der Waals surface area contributed by atoms with Crippen LogP contribution in [0.4, 0.5) is 0 Å². The number of rotatable bonds is 6. The van der Waals surface area contributed by atoms with Gasteiger partial charge in [0.25, 0.3) is 0 Å². The number of pyridine rings is 1. The Balaban J connectivity index is 1.69. The Kier molecular flexibility index (Phi) is 5.09. The third-order valence-corrected chi connectivity index (χ3v) is 4.88. The van der Waals surface area contributed by atoms with Crippen LogP contribution in [0.3, 0.4) is 0 Å². The van der Waals surface area contributed by atoms with E-state index in [1.807, 2.05) is 31.4 Å². The molecule has 3 heterocycles. The highest BCUT2D eigenvalue weighted by molar-refractivity contribution is 7.09. The van der Waals surface area contributed by atoms with Crippen molar-refractivity contribution < 1.29 is 14.3 Å². The second kappa shape index (κ2) is 7.44. The van der Waals surface area contributed by atoms with Crippen LogP contribution in [0, 0.1) is 13.8 Å². The van der Waals surface area contributed by atoms with Gasteiger partial charge < -0.3 is 9.30 Å². The number of hydrogen-bond acceptors (Lipinski definition) is 5. The summed E-state index contributed by atoms with van der Waals surface area (Å²) in [5.41, 5.74) is 2.87. The molecule has 0 bridgehead atoms. The van der Waals surface area contributed by atoms with Crippen LogP contribution in [0.1, 0.15) is 37.0 Å². The summed E-state index contributed by atoms with van der Waals surface area (Å²) in [5, 5.41) is 2.04. The minimum atomic E-state index is -0.525. The van der Waals surface area contributed by atoms with Crippen molar-refractivity contribution in [3.8, 4) is 0 Å². The van der Waals surface area contributed by atoms with Gasteiger partial charge in [0.1, 0.15) is 0 Å². The molecule has 0 spiro atoms. The Morgan fingerprint density at radius 2 is 1.96 bits per heavy atom. The van der Waals surface area contributed by atoms with Crippen molar-refractivity contribution in [1.29, 1.82) is 0 Å². The minimum absolute atomic E-state index is 0.201. The van der Waals surface area contributed by atoms with Crippen molar-refractivity contribution in [3.05, 3.63) is 75.5 Å². The highest BCUT2D eigenvalue weighted by Crippen LogP contribution is 2.20.